The predicted octanol–water partition coefficient (Wildman–Crippen LogP) is 2.17. The number of hydrogen-bond acceptors (Lipinski definition) is 4. The third-order valence-corrected chi connectivity index (χ3v) is 5.89. The van der Waals surface area contributed by atoms with Gasteiger partial charge in [-0.05, 0) is 55.9 Å². The second kappa shape index (κ2) is 8.40. The first-order valence-electron chi connectivity index (χ1n) is 9.79. The summed E-state index contributed by atoms with van der Waals surface area (Å²) >= 11 is 0. The molecule has 144 valence electrons. The van der Waals surface area contributed by atoms with E-state index in [-0.39, 0.29) is 5.91 Å². The molecule has 0 radical (unpaired) electrons. The Morgan fingerprint density at radius 2 is 1.96 bits per heavy atom. The second-order valence-electron chi connectivity index (χ2n) is 8.17. The van der Waals surface area contributed by atoms with E-state index >= 15 is 0 Å². The maximum Gasteiger partial charge on any atom is 0.236 e. The molecule has 0 aromatic heterocycles. The molecule has 2 atom stereocenters. The quantitative estimate of drug-likeness (QED) is 0.780. The number of amides is 1. The lowest BCUT2D eigenvalue weighted by Crippen LogP contribution is -2.46. The number of aryl methyl sites for hydroxylation is 2. The van der Waals surface area contributed by atoms with Crippen molar-refractivity contribution in [3.8, 4) is 5.75 Å². The van der Waals surface area contributed by atoms with Crippen molar-refractivity contribution in [3.05, 3.63) is 29.3 Å². The van der Waals surface area contributed by atoms with Gasteiger partial charge in [0, 0.05) is 46.3 Å². The monoisotopic (exact) mass is 359 g/mol. The first kappa shape index (κ1) is 19.2. The fourth-order valence-corrected chi connectivity index (χ4v) is 4.10. The van der Waals surface area contributed by atoms with E-state index in [1.165, 1.54) is 24.0 Å². The summed E-state index contributed by atoms with van der Waals surface area (Å²) in [6, 6.07) is 6.86. The summed E-state index contributed by atoms with van der Waals surface area (Å²) in [4.78, 5) is 18.7. The van der Waals surface area contributed by atoms with Gasteiger partial charge in [0.15, 0.2) is 0 Å². The van der Waals surface area contributed by atoms with Crippen molar-refractivity contribution >= 4 is 5.91 Å². The van der Waals surface area contributed by atoms with Crippen LogP contribution in [0.3, 0.4) is 0 Å². The van der Waals surface area contributed by atoms with Gasteiger partial charge in [0.05, 0.1) is 6.54 Å². The molecule has 5 heteroatoms. The van der Waals surface area contributed by atoms with Crippen molar-refractivity contribution in [2.75, 3.05) is 53.4 Å². The molecule has 3 fully saturated rings. The number of hydrogen-bond donors (Lipinski definition) is 0. The minimum atomic E-state index is 0.205. The summed E-state index contributed by atoms with van der Waals surface area (Å²) < 4.78 is 6.00. The average molecular weight is 360 g/mol. The normalized spacial score (nSPS) is 23.7. The number of likely N-dealkylation sites (N-methyl/N-ethyl adjacent to an activating group) is 1. The zero-order valence-corrected chi connectivity index (χ0v) is 16.7. The molecular weight excluding hydrogens is 326 g/mol. The van der Waals surface area contributed by atoms with E-state index in [2.05, 4.69) is 41.8 Å². The fourth-order valence-electron chi connectivity index (χ4n) is 4.10. The number of ether oxygens (including phenoxy) is 1. The van der Waals surface area contributed by atoms with Gasteiger partial charge in [0.1, 0.15) is 12.4 Å². The van der Waals surface area contributed by atoms with Gasteiger partial charge in [-0.3, -0.25) is 14.6 Å². The predicted molar refractivity (Wildman–Crippen MR) is 105 cm³/mol. The van der Waals surface area contributed by atoms with Crippen LogP contribution in [0.1, 0.15) is 24.0 Å². The van der Waals surface area contributed by atoms with Gasteiger partial charge in [-0.25, -0.2) is 0 Å². The Morgan fingerprint density at radius 1 is 1.15 bits per heavy atom. The lowest BCUT2D eigenvalue weighted by molar-refractivity contribution is -0.130. The molecule has 5 nitrogen and oxygen atoms in total. The molecule has 1 amide bonds. The first-order chi connectivity index (χ1) is 12.4. The van der Waals surface area contributed by atoms with E-state index in [1.807, 2.05) is 14.1 Å². The van der Waals surface area contributed by atoms with Gasteiger partial charge in [-0.1, -0.05) is 6.07 Å². The zero-order chi connectivity index (χ0) is 18.7. The van der Waals surface area contributed by atoms with E-state index in [0.29, 0.717) is 18.5 Å². The molecule has 3 saturated heterocycles. The summed E-state index contributed by atoms with van der Waals surface area (Å²) in [6.45, 7) is 9.66. The van der Waals surface area contributed by atoms with Gasteiger partial charge in [-0.2, -0.15) is 0 Å². The van der Waals surface area contributed by atoms with Gasteiger partial charge in [-0.15, -0.1) is 0 Å². The number of carbonyl (C=O) groups excluding carboxylic acids is 1. The lowest BCUT2D eigenvalue weighted by atomic mass is 9.95. The van der Waals surface area contributed by atoms with Crippen LogP contribution in [0.25, 0.3) is 0 Å². The van der Waals surface area contributed by atoms with E-state index < -0.39 is 0 Å². The highest BCUT2D eigenvalue weighted by Gasteiger charge is 2.35. The Hall–Kier alpha value is -1.59. The maximum atomic E-state index is 12.1. The lowest BCUT2D eigenvalue weighted by Gasteiger charge is -2.36. The van der Waals surface area contributed by atoms with Gasteiger partial charge in [0.25, 0.3) is 0 Å². The third kappa shape index (κ3) is 4.77. The van der Waals surface area contributed by atoms with E-state index in [1.54, 1.807) is 4.90 Å². The minimum Gasteiger partial charge on any atom is -0.492 e. The largest absolute Gasteiger partial charge is 0.492 e. The molecule has 2 bridgehead atoms. The van der Waals surface area contributed by atoms with Crippen LogP contribution in [0.15, 0.2) is 18.2 Å². The highest BCUT2D eigenvalue weighted by Crippen LogP contribution is 2.27. The van der Waals surface area contributed by atoms with Crippen LogP contribution in [0.2, 0.25) is 0 Å². The number of rotatable bonds is 6. The fraction of sp³-hybridized carbons (Fsp3) is 0.667. The van der Waals surface area contributed by atoms with Crippen molar-refractivity contribution in [1.29, 1.82) is 0 Å². The molecular formula is C21H33N3O2. The number of piperidine rings is 1. The highest BCUT2D eigenvalue weighted by molar-refractivity contribution is 5.77. The Bertz CT molecular complexity index is 632. The van der Waals surface area contributed by atoms with Crippen LogP contribution in [0.5, 0.6) is 5.75 Å². The van der Waals surface area contributed by atoms with Crippen LogP contribution < -0.4 is 4.74 Å². The Kier molecular flexibility index (Phi) is 6.20. The number of fused-ring (bicyclic) bond motifs is 4. The molecule has 0 N–H and O–H groups in total. The van der Waals surface area contributed by atoms with E-state index in [4.69, 9.17) is 4.74 Å². The molecule has 4 rings (SSSR count). The number of carbonyl (C=O) groups is 1. The molecule has 1 aromatic carbocycles. The summed E-state index contributed by atoms with van der Waals surface area (Å²) in [6.07, 6.45) is 2.52. The van der Waals surface area contributed by atoms with Crippen molar-refractivity contribution in [3.63, 3.8) is 0 Å². The van der Waals surface area contributed by atoms with Crippen molar-refractivity contribution < 1.29 is 9.53 Å². The van der Waals surface area contributed by atoms with Gasteiger partial charge in [0.2, 0.25) is 5.91 Å². The molecule has 0 saturated carbocycles. The van der Waals surface area contributed by atoms with Crippen LogP contribution in [0.4, 0.5) is 0 Å². The van der Waals surface area contributed by atoms with Crippen molar-refractivity contribution in [2.24, 2.45) is 5.92 Å². The first-order valence-corrected chi connectivity index (χ1v) is 9.79. The summed E-state index contributed by atoms with van der Waals surface area (Å²) in [5.41, 5.74) is 2.58. The van der Waals surface area contributed by atoms with Crippen molar-refractivity contribution in [2.45, 2.75) is 32.7 Å². The van der Waals surface area contributed by atoms with Crippen LogP contribution in [-0.2, 0) is 4.79 Å². The molecule has 1 aromatic rings. The highest BCUT2D eigenvalue weighted by atomic mass is 16.5. The molecule has 0 aliphatic carbocycles. The standard InChI is InChI=1S/C21H33N3O2/c1-16-5-8-20(11-17(16)2)26-10-9-24-13-18-6-7-19(24)14-23(12-18)15-21(25)22(3)4/h5,8,11,18-19H,6-7,9-10,12-15H2,1-4H3/t18-,19+/m1/s1. The average Bonchev–Trinajstić information content (AvgIpc) is 2.88. The van der Waals surface area contributed by atoms with Gasteiger partial charge >= 0.3 is 0 Å². The summed E-state index contributed by atoms with van der Waals surface area (Å²) in [7, 11) is 3.68. The molecule has 3 heterocycles. The molecule has 26 heavy (non-hydrogen) atoms. The molecule has 3 aliphatic rings. The van der Waals surface area contributed by atoms with E-state index in [9.17, 15) is 4.79 Å². The third-order valence-electron chi connectivity index (χ3n) is 5.89. The Labute approximate surface area is 157 Å². The zero-order valence-electron chi connectivity index (χ0n) is 16.7. The number of benzene rings is 1. The summed E-state index contributed by atoms with van der Waals surface area (Å²) in [5, 5.41) is 0. The van der Waals surface area contributed by atoms with E-state index in [0.717, 1.165) is 38.5 Å². The van der Waals surface area contributed by atoms with Gasteiger partial charge < -0.3 is 9.64 Å². The molecule has 0 unspecified atom stereocenters. The number of nitrogens with zero attached hydrogens (tertiary/aromatic N) is 3. The smallest absolute Gasteiger partial charge is 0.236 e. The molecule has 0 spiro atoms. The Balaban J connectivity index is 1.51. The maximum absolute atomic E-state index is 12.1. The second-order valence-corrected chi connectivity index (χ2v) is 8.17. The SMILES string of the molecule is Cc1ccc(OCCN2C[C@@H]3CC[C@H]2CN(CC(=O)N(C)C)C3)cc1C. The van der Waals surface area contributed by atoms with Crippen LogP contribution >= 0.6 is 0 Å². The molecule has 3 aliphatic heterocycles. The summed E-state index contributed by atoms with van der Waals surface area (Å²) in [5.74, 6) is 1.84. The Morgan fingerprint density at radius 3 is 2.69 bits per heavy atom. The minimum absolute atomic E-state index is 0.205. The van der Waals surface area contributed by atoms with Crippen LogP contribution in [0, 0.1) is 19.8 Å². The van der Waals surface area contributed by atoms with Crippen LogP contribution in [-0.4, -0.2) is 80.1 Å². The topological polar surface area (TPSA) is 36.0 Å². The van der Waals surface area contributed by atoms with Crippen molar-refractivity contribution in [1.82, 2.24) is 14.7 Å².